The number of benzene rings is 1. The maximum absolute atomic E-state index is 12.6. The van der Waals surface area contributed by atoms with E-state index in [0.717, 1.165) is 5.56 Å². The Labute approximate surface area is 103 Å². The van der Waals surface area contributed by atoms with E-state index < -0.39 is 19.0 Å². The Bertz CT molecular complexity index is 382. The van der Waals surface area contributed by atoms with Crippen molar-refractivity contribution in [3.05, 3.63) is 29.8 Å². The van der Waals surface area contributed by atoms with E-state index >= 15 is 0 Å². The lowest BCUT2D eigenvalue weighted by atomic mass is 10.1. The molecule has 0 saturated carbocycles. The quantitative estimate of drug-likeness (QED) is 0.803. The molecule has 18 heavy (non-hydrogen) atoms. The van der Waals surface area contributed by atoms with Crippen LogP contribution in [0.4, 0.5) is 17.6 Å². The van der Waals surface area contributed by atoms with Crippen molar-refractivity contribution in [2.45, 2.75) is 31.7 Å². The van der Waals surface area contributed by atoms with Crippen LogP contribution in [0.5, 0.6) is 5.75 Å². The Hall–Kier alpha value is -1.30. The summed E-state index contributed by atoms with van der Waals surface area (Å²) in [5, 5.41) is 0. The average molecular weight is 265 g/mol. The average Bonchev–Trinajstić information content (AvgIpc) is 2.26. The lowest BCUT2D eigenvalue weighted by Crippen LogP contribution is -2.33. The summed E-state index contributed by atoms with van der Waals surface area (Å²) in [7, 11) is 0. The fourth-order valence-electron chi connectivity index (χ4n) is 1.38. The smallest absolute Gasteiger partial charge is 0.340 e. The van der Waals surface area contributed by atoms with Crippen LogP contribution in [0.1, 0.15) is 12.5 Å². The second kappa shape index (κ2) is 6.04. The molecule has 6 heteroatoms. The van der Waals surface area contributed by atoms with Crippen molar-refractivity contribution >= 4 is 0 Å². The standard InChI is InChI=1S/C12H15F4NO/c1-8(17)5-9-3-2-4-10(6-9)18-7-12(15,16)11(13)14/h2-4,6,8,11H,5,7,17H2,1H3. The van der Waals surface area contributed by atoms with Crippen LogP contribution >= 0.6 is 0 Å². The van der Waals surface area contributed by atoms with Gasteiger partial charge in [0.25, 0.3) is 0 Å². The monoisotopic (exact) mass is 265 g/mol. The van der Waals surface area contributed by atoms with Crippen molar-refractivity contribution in [3.8, 4) is 5.75 Å². The predicted octanol–water partition coefficient (Wildman–Crippen LogP) is 2.86. The highest BCUT2D eigenvalue weighted by Crippen LogP contribution is 2.24. The number of halogens is 4. The van der Waals surface area contributed by atoms with Crippen LogP contribution in [0, 0.1) is 0 Å². The SMILES string of the molecule is CC(N)Cc1cccc(OCC(F)(F)C(F)F)c1. The molecular formula is C12H15F4NO. The molecule has 0 aliphatic heterocycles. The van der Waals surface area contributed by atoms with Crippen LogP contribution in [-0.2, 0) is 6.42 Å². The van der Waals surface area contributed by atoms with Gasteiger partial charge in [-0.25, -0.2) is 8.78 Å². The van der Waals surface area contributed by atoms with Crippen LogP contribution in [0.2, 0.25) is 0 Å². The van der Waals surface area contributed by atoms with Gasteiger partial charge in [0, 0.05) is 6.04 Å². The molecule has 0 aliphatic carbocycles. The molecular weight excluding hydrogens is 250 g/mol. The summed E-state index contributed by atoms with van der Waals surface area (Å²) in [6.45, 7) is 0.463. The summed E-state index contributed by atoms with van der Waals surface area (Å²) in [6, 6.07) is 6.24. The second-order valence-corrected chi connectivity index (χ2v) is 4.18. The summed E-state index contributed by atoms with van der Waals surface area (Å²) in [5.41, 5.74) is 6.41. The van der Waals surface area contributed by atoms with Gasteiger partial charge in [0.1, 0.15) is 5.75 Å². The minimum Gasteiger partial charge on any atom is -0.487 e. The molecule has 0 aliphatic rings. The minimum atomic E-state index is -4.14. The Kier molecular flexibility index (Phi) is 4.95. The molecule has 1 aromatic rings. The number of hydrogen-bond donors (Lipinski definition) is 1. The van der Waals surface area contributed by atoms with Crippen LogP contribution in [0.15, 0.2) is 24.3 Å². The Balaban J connectivity index is 2.63. The molecule has 0 spiro atoms. The van der Waals surface area contributed by atoms with Crippen LogP contribution in [0.25, 0.3) is 0 Å². The molecule has 0 bridgehead atoms. The van der Waals surface area contributed by atoms with Crippen molar-refractivity contribution in [1.82, 2.24) is 0 Å². The lowest BCUT2D eigenvalue weighted by molar-refractivity contribution is -0.148. The molecule has 0 amide bonds. The van der Waals surface area contributed by atoms with Gasteiger partial charge in [-0.1, -0.05) is 12.1 Å². The van der Waals surface area contributed by atoms with Gasteiger partial charge in [-0.05, 0) is 31.0 Å². The second-order valence-electron chi connectivity index (χ2n) is 4.18. The first kappa shape index (κ1) is 14.8. The molecule has 2 nitrogen and oxygen atoms in total. The highest BCUT2D eigenvalue weighted by Gasteiger charge is 2.41. The zero-order valence-electron chi connectivity index (χ0n) is 9.88. The van der Waals surface area contributed by atoms with Crippen molar-refractivity contribution < 1.29 is 22.3 Å². The summed E-state index contributed by atoms with van der Waals surface area (Å²) >= 11 is 0. The lowest BCUT2D eigenvalue weighted by Gasteiger charge is -2.16. The molecule has 1 rings (SSSR count). The maximum atomic E-state index is 12.6. The molecule has 0 heterocycles. The number of alkyl halides is 4. The van der Waals surface area contributed by atoms with Gasteiger partial charge in [-0.15, -0.1) is 0 Å². The fraction of sp³-hybridized carbons (Fsp3) is 0.500. The number of nitrogens with two attached hydrogens (primary N) is 1. The van der Waals surface area contributed by atoms with Crippen molar-refractivity contribution in [2.75, 3.05) is 6.61 Å². The third-order valence-electron chi connectivity index (χ3n) is 2.21. The number of ether oxygens (including phenoxy) is 1. The summed E-state index contributed by atoms with van der Waals surface area (Å²) in [5.74, 6) is -4.01. The van der Waals surface area contributed by atoms with E-state index in [9.17, 15) is 17.6 Å². The van der Waals surface area contributed by atoms with Crippen molar-refractivity contribution in [2.24, 2.45) is 5.73 Å². The van der Waals surface area contributed by atoms with Crippen LogP contribution in [-0.4, -0.2) is 25.0 Å². The summed E-state index contributed by atoms with van der Waals surface area (Å²) in [6.07, 6.45) is -3.17. The summed E-state index contributed by atoms with van der Waals surface area (Å²) in [4.78, 5) is 0. The van der Waals surface area contributed by atoms with Crippen molar-refractivity contribution in [3.63, 3.8) is 0 Å². The van der Waals surface area contributed by atoms with Gasteiger partial charge < -0.3 is 10.5 Å². The molecule has 1 aromatic carbocycles. The first-order valence-electron chi connectivity index (χ1n) is 5.44. The topological polar surface area (TPSA) is 35.2 Å². The first-order chi connectivity index (χ1) is 8.31. The Morgan fingerprint density at radius 1 is 1.33 bits per heavy atom. The van der Waals surface area contributed by atoms with E-state index in [1.165, 1.54) is 12.1 Å². The highest BCUT2D eigenvalue weighted by molar-refractivity contribution is 5.29. The van der Waals surface area contributed by atoms with E-state index in [-0.39, 0.29) is 11.8 Å². The molecule has 2 N–H and O–H groups in total. The van der Waals surface area contributed by atoms with Crippen LogP contribution < -0.4 is 10.5 Å². The van der Waals surface area contributed by atoms with Gasteiger partial charge in [-0.2, -0.15) is 8.78 Å². The van der Waals surface area contributed by atoms with Crippen LogP contribution in [0.3, 0.4) is 0 Å². The fourth-order valence-corrected chi connectivity index (χ4v) is 1.38. The van der Waals surface area contributed by atoms with E-state index in [2.05, 4.69) is 4.74 Å². The molecule has 1 unspecified atom stereocenters. The molecule has 102 valence electrons. The van der Waals surface area contributed by atoms with Crippen molar-refractivity contribution in [1.29, 1.82) is 0 Å². The van der Waals surface area contributed by atoms with E-state index in [4.69, 9.17) is 5.73 Å². The summed E-state index contributed by atoms with van der Waals surface area (Å²) < 4.78 is 53.8. The molecule has 0 saturated heterocycles. The maximum Gasteiger partial charge on any atom is 0.340 e. The van der Waals surface area contributed by atoms with E-state index in [1.54, 1.807) is 19.1 Å². The van der Waals surface area contributed by atoms with Gasteiger partial charge in [0.05, 0.1) is 0 Å². The Morgan fingerprint density at radius 3 is 2.56 bits per heavy atom. The normalized spacial score (nSPS) is 13.7. The third-order valence-corrected chi connectivity index (χ3v) is 2.21. The van der Waals surface area contributed by atoms with Gasteiger partial charge >= 0.3 is 12.3 Å². The highest BCUT2D eigenvalue weighted by atomic mass is 19.3. The zero-order chi connectivity index (χ0) is 13.8. The van der Waals surface area contributed by atoms with Gasteiger partial charge in [0.15, 0.2) is 6.61 Å². The molecule has 0 fully saturated rings. The zero-order valence-corrected chi connectivity index (χ0v) is 9.88. The molecule has 0 aromatic heterocycles. The minimum absolute atomic E-state index is 0.0808. The Morgan fingerprint density at radius 2 is 2.00 bits per heavy atom. The van der Waals surface area contributed by atoms with E-state index in [0.29, 0.717) is 6.42 Å². The first-order valence-corrected chi connectivity index (χ1v) is 5.44. The number of rotatable bonds is 6. The third kappa shape index (κ3) is 4.52. The molecule has 0 radical (unpaired) electrons. The molecule has 1 atom stereocenters. The predicted molar refractivity (Wildman–Crippen MR) is 60.2 cm³/mol. The van der Waals surface area contributed by atoms with Gasteiger partial charge in [0.2, 0.25) is 0 Å². The van der Waals surface area contributed by atoms with Gasteiger partial charge in [-0.3, -0.25) is 0 Å². The number of hydrogen-bond acceptors (Lipinski definition) is 2. The van der Waals surface area contributed by atoms with E-state index in [1.807, 2.05) is 0 Å². The largest absolute Gasteiger partial charge is 0.487 e.